The number of amides is 1. The minimum Gasteiger partial charge on any atom is -0.496 e. The van der Waals surface area contributed by atoms with E-state index in [0.29, 0.717) is 27.8 Å². The van der Waals surface area contributed by atoms with Crippen LogP contribution in [0, 0.1) is 6.92 Å². The number of fused-ring (bicyclic) bond motifs is 1. The summed E-state index contributed by atoms with van der Waals surface area (Å²) in [4.78, 5) is 35.9. The van der Waals surface area contributed by atoms with Crippen LogP contribution in [0.15, 0.2) is 57.7 Å². The van der Waals surface area contributed by atoms with Crippen LogP contribution in [-0.4, -0.2) is 25.5 Å². The van der Waals surface area contributed by atoms with Gasteiger partial charge in [-0.3, -0.25) is 9.59 Å². The summed E-state index contributed by atoms with van der Waals surface area (Å²) in [6, 6.07) is 13.4. The average Bonchev–Trinajstić information content (AvgIpc) is 2.69. The third-order valence-electron chi connectivity index (χ3n) is 4.12. The van der Waals surface area contributed by atoms with E-state index < -0.39 is 17.5 Å². The second-order valence-electron chi connectivity index (χ2n) is 6.13. The van der Waals surface area contributed by atoms with Gasteiger partial charge in [0.2, 0.25) is 0 Å². The molecule has 0 spiro atoms. The van der Waals surface area contributed by atoms with Gasteiger partial charge in [-0.2, -0.15) is 0 Å². The van der Waals surface area contributed by atoms with E-state index >= 15 is 0 Å². The summed E-state index contributed by atoms with van der Waals surface area (Å²) in [5.74, 6) is -0.668. The first-order valence-corrected chi connectivity index (χ1v) is 8.58. The highest BCUT2D eigenvalue weighted by atomic mass is 16.5. The standard InChI is InChI=1S/C21H19NO6/c1-13-7-8-15-14(10-19(23)28-18(15)9-13)12-27-20(24)11-22-21(25)16-5-3-4-6-17(16)26-2/h3-10H,11-12H2,1-2H3,(H,22,25). The van der Waals surface area contributed by atoms with E-state index in [9.17, 15) is 14.4 Å². The Morgan fingerprint density at radius 2 is 1.89 bits per heavy atom. The molecule has 3 aromatic rings. The fourth-order valence-electron chi connectivity index (χ4n) is 2.75. The van der Waals surface area contributed by atoms with E-state index in [1.165, 1.54) is 13.2 Å². The lowest BCUT2D eigenvalue weighted by Gasteiger charge is -2.10. The minimum absolute atomic E-state index is 0.103. The Labute approximate surface area is 160 Å². The number of hydrogen-bond donors (Lipinski definition) is 1. The van der Waals surface area contributed by atoms with Gasteiger partial charge < -0.3 is 19.2 Å². The number of rotatable bonds is 6. The van der Waals surface area contributed by atoms with Crippen molar-refractivity contribution in [3.8, 4) is 5.75 Å². The smallest absolute Gasteiger partial charge is 0.336 e. The molecule has 3 rings (SSSR count). The molecule has 0 atom stereocenters. The first kappa shape index (κ1) is 19.2. The van der Waals surface area contributed by atoms with Crippen LogP contribution in [0.4, 0.5) is 0 Å². The van der Waals surface area contributed by atoms with Gasteiger partial charge in [0.15, 0.2) is 0 Å². The molecule has 1 N–H and O–H groups in total. The minimum atomic E-state index is -0.628. The predicted molar refractivity (Wildman–Crippen MR) is 102 cm³/mol. The second kappa shape index (κ2) is 8.39. The first-order chi connectivity index (χ1) is 13.5. The van der Waals surface area contributed by atoms with E-state index in [2.05, 4.69) is 5.32 Å². The average molecular weight is 381 g/mol. The lowest BCUT2D eigenvalue weighted by Crippen LogP contribution is -2.30. The van der Waals surface area contributed by atoms with Crippen molar-refractivity contribution in [1.82, 2.24) is 5.32 Å². The normalized spacial score (nSPS) is 10.5. The molecule has 1 aromatic heterocycles. The summed E-state index contributed by atoms with van der Waals surface area (Å²) >= 11 is 0. The van der Waals surface area contributed by atoms with Crippen LogP contribution in [0.2, 0.25) is 0 Å². The van der Waals surface area contributed by atoms with Crippen LogP contribution >= 0.6 is 0 Å². The zero-order valence-corrected chi connectivity index (χ0v) is 15.5. The summed E-state index contributed by atoms with van der Waals surface area (Å²) in [6.45, 7) is 1.47. The maximum Gasteiger partial charge on any atom is 0.336 e. The number of para-hydroxylation sites is 1. The van der Waals surface area contributed by atoms with E-state index in [1.54, 1.807) is 36.4 Å². The van der Waals surface area contributed by atoms with E-state index in [4.69, 9.17) is 13.9 Å². The molecule has 0 unspecified atom stereocenters. The molecule has 0 bridgehead atoms. The van der Waals surface area contributed by atoms with Gasteiger partial charge >= 0.3 is 11.6 Å². The van der Waals surface area contributed by atoms with Crippen LogP contribution in [0.3, 0.4) is 0 Å². The molecule has 7 heteroatoms. The first-order valence-electron chi connectivity index (χ1n) is 8.58. The maximum absolute atomic E-state index is 12.2. The van der Waals surface area contributed by atoms with Gasteiger partial charge in [-0.05, 0) is 30.7 Å². The summed E-state index contributed by atoms with van der Waals surface area (Å²) in [7, 11) is 1.46. The number of hydrogen-bond acceptors (Lipinski definition) is 6. The third-order valence-corrected chi connectivity index (χ3v) is 4.12. The fraction of sp³-hybridized carbons (Fsp3) is 0.190. The van der Waals surface area contributed by atoms with Gasteiger partial charge in [0.25, 0.3) is 5.91 Å². The van der Waals surface area contributed by atoms with Gasteiger partial charge in [0.05, 0.1) is 12.7 Å². The molecule has 0 aliphatic heterocycles. The van der Waals surface area contributed by atoms with Gasteiger partial charge in [-0.15, -0.1) is 0 Å². The Balaban J connectivity index is 1.63. The molecule has 1 amide bonds. The van der Waals surface area contributed by atoms with Crippen molar-refractivity contribution in [2.75, 3.05) is 13.7 Å². The lowest BCUT2D eigenvalue weighted by atomic mass is 10.1. The molecule has 0 aliphatic rings. The summed E-state index contributed by atoms with van der Waals surface area (Å²) < 4.78 is 15.5. The summed E-state index contributed by atoms with van der Waals surface area (Å²) in [5.41, 5.74) is 1.72. The number of nitrogens with one attached hydrogen (secondary N) is 1. The van der Waals surface area contributed by atoms with Crippen molar-refractivity contribution in [3.63, 3.8) is 0 Å². The van der Waals surface area contributed by atoms with Crippen molar-refractivity contribution < 1.29 is 23.5 Å². The zero-order chi connectivity index (χ0) is 20.1. The van der Waals surface area contributed by atoms with Crippen molar-refractivity contribution in [1.29, 1.82) is 0 Å². The van der Waals surface area contributed by atoms with Crippen molar-refractivity contribution in [3.05, 3.63) is 75.6 Å². The zero-order valence-electron chi connectivity index (χ0n) is 15.5. The molecule has 2 aromatic carbocycles. The van der Waals surface area contributed by atoms with E-state index in [1.807, 2.05) is 13.0 Å². The van der Waals surface area contributed by atoms with Crippen LogP contribution in [0.25, 0.3) is 11.0 Å². The second-order valence-corrected chi connectivity index (χ2v) is 6.13. The molecule has 7 nitrogen and oxygen atoms in total. The topological polar surface area (TPSA) is 94.8 Å². The van der Waals surface area contributed by atoms with Gasteiger partial charge in [0.1, 0.15) is 24.5 Å². The molecular weight excluding hydrogens is 362 g/mol. The number of carbonyl (C=O) groups is 2. The number of methoxy groups -OCH3 is 1. The van der Waals surface area contributed by atoms with Gasteiger partial charge in [-0.25, -0.2) is 4.79 Å². The lowest BCUT2D eigenvalue weighted by molar-refractivity contribution is -0.143. The molecule has 28 heavy (non-hydrogen) atoms. The van der Waals surface area contributed by atoms with Crippen molar-refractivity contribution in [2.24, 2.45) is 0 Å². The predicted octanol–water partition coefficient (Wildman–Crippen LogP) is 2.58. The van der Waals surface area contributed by atoms with Gasteiger partial charge in [-0.1, -0.05) is 24.3 Å². The van der Waals surface area contributed by atoms with Crippen LogP contribution in [0.1, 0.15) is 21.5 Å². The van der Waals surface area contributed by atoms with E-state index in [0.717, 1.165) is 5.56 Å². The largest absolute Gasteiger partial charge is 0.496 e. The van der Waals surface area contributed by atoms with Crippen LogP contribution in [-0.2, 0) is 16.1 Å². The SMILES string of the molecule is COc1ccccc1C(=O)NCC(=O)OCc1cc(=O)oc2cc(C)ccc12. The highest BCUT2D eigenvalue weighted by Gasteiger charge is 2.14. The molecular formula is C21H19NO6. The number of ether oxygens (including phenoxy) is 2. The molecule has 0 fully saturated rings. The van der Waals surface area contributed by atoms with Crippen molar-refractivity contribution in [2.45, 2.75) is 13.5 Å². The van der Waals surface area contributed by atoms with E-state index in [-0.39, 0.29) is 13.2 Å². The Bertz CT molecular complexity index is 1090. The highest BCUT2D eigenvalue weighted by Crippen LogP contribution is 2.19. The summed E-state index contributed by atoms with van der Waals surface area (Å²) in [6.07, 6.45) is 0. The van der Waals surface area contributed by atoms with Gasteiger partial charge in [0, 0.05) is 17.0 Å². The highest BCUT2D eigenvalue weighted by molar-refractivity contribution is 5.98. The molecule has 144 valence electrons. The molecule has 0 saturated carbocycles. The maximum atomic E-state index is 12.2. The monoisotopic (exact) mass is 381 g/mol. The quantitative estimate of drug-likeness (QED) is 0.521. The Hall–Kier alpha value is -3.61. The third kappa shape index (κ3) is 4.37. The Kier molecular flexibility index (Phi) is 5.74. The number of carbonyl (C=O) groups excluding carboxylic acids is 2. The number of benzene rings is 2. The van der Waals surface area contributed by atoms with Crippen LogP contribution in [0.5, 0.6) is 5.75 Å². The molecule has 1 heterocycles. The Morgan fingerprint density at radius 3 is 2.68 bits per heavy atom. The number of esters is 1. The fourth-order valence-corrected chi connectivity index (χ4v) is 2.75. The molecule has 0 aliphatic carbocycles. The van der Waals surface area contributed by atoms with Crippen LogP contribution < -0.4 is 15.7 Å². The van der Waals surface area contributed by atoms with Crippen molar-refractivity contribution >= 4 is 22.8 Å². The summed E-state index contributed by atoms with van der Waals surface area (Å²) in [5, 5.41) is 3.18. The molecule has 0 saturated heterocycles. The molecule has 0 radical (unpaired) electrons. The Morgan fingerprint density at radius 1 is 1.11 bits per heavy atom. The number of aryl methyl sites for hydroxylation is 1.